The number of rotatable bonds is 8. The Hall–Kier alpha value is -3.20. The summed E-state index contributed by atoms with van der Waals surface area (Å²) in [6, 6.07) is 8.70. The van der Waals surface area contributed by atoms with Gasteiger partial charge in [0.15, 0.2) is 11.6 Å². The van der Waals surface area contributed by atoms with Gasteiger partial charge in [-0.15, -0.1) is 0 Å². The van der Waals surface area contributed by atoms with E-state index in [1.54, 1.807) is 0 Å². The number of fused-ring (bicyclic) bond motifs is 2. The normalized spacial score (nSPS) is 15.1. The molecule has 0 saturated heterocycles. The van der Waals surface area contributed by atoms with Gasteiger partial charge in [-0.2, -0.15) is 9.97 Å². The smallest absolute Gasteiger partial charge is 0.407 e. The third-order valence-corrected chi connectivity index (χ3v) is 5.96. The number of halogens is 1. The molecule has 1 aliphatic rings. The number of unbranched alkanes of at least 4 members (excludes halogenated alkanes) is 1. The Bertz CT molecular complexity index is 1150. The maximum Gasteiger partial charge on any atom is 0.407 e. The predicted octanol–water partition coefficient (Wildman–Crippen LogP) is 4.53. The summed E-state index contributed by atoms with van der Waals surface area (Å²) in [5.74, 6) is 1.05. The van der Waals surface area contributed by atoms with Gasteiger partial charge in [-0.05, 0) is 68.3 Å². The van der Waals surface area contributed by atoms with Crippen molar-refractivity contribution in [3.8, 4) is 0 Å². The van der Waals surface area contributed by atoms with Crippen LogP contribution in [0.25, 0.3) is 10.9 Å². The second-order valence-electron chi connectivity index (χ2n) is 8.50. The van der Waals surface area contributed by atoms with Crippen LogP contribution in [0, 0.1) is 0 Å². The Morgan fingerprint density at radius 3 is 2.91 bits per heavy atom. The van der Waals surface area contributed by atoms with Crippen LogP contribution in [0.1, 0.15) is 45.2 Å². The van der Waals surface area contributed by atoms with Crippen LogP contribution in [-0.4, -0.2) is 39.9 Å². The molecular formula is C23H30ClN7O2. The average molecular weight is 472 g/mol. The number of nitrogens with two attached hydrogens (primary N) is 1. The molecule has 0 bridgehead atoms. The summed E-state index contributed by atoms with van der Waals surface area (Å²) in [4.78, 5) is 22.5. The molecule has 0 aliphatic carbocycles. The van der Waals surface area contributed by atoms with Crippen LogP contribution in [0.2, 0.25) is 5.28 Å². The molecule has 0 spiro atoms. The summed E-state index contributed by atoms with van der Waals surface area (Å²) in [6.07, 6.45) is 3.27. The Balaban J connectivity index is 1.20. The molecule has 33 heavy (non-hydrogen) atoms. The number of anilines is 3. The highest BCUT2D eigenvalue weighted by Crippen LogP contribution is 2.37. The minimum atomic E-state index is -0.414. The van der Waals surface area contributed by atoms with Crippen molar-refractivity contribution in [2.75, 3.05) is 29.1 Å². The molecule has 10 heteroatoms. The zero-order valence-electron chi connectivity index (χ0n) is 19.1. The Morgan fingerprint density at radius 2 is 2.12 bits per heavy atom. The van der Waals surface area contributed by atoms with Crippen LogP contribution in [0.5, 0.6) is 0 Å². The number of benzene rings is 1. The lowest BCUT2D eigenvalue weighted by Crippen LogP contribution is -2.34. The summed E-state index contributed by atoms with van der Waals surface area (Å²) in [6.45, 7) is 7.83. The van der Waals surface area contributed by atoms with E-state index in [-0.39, 0.29) is 11.4 Å². The highest BCUT2D eigenvalue weighted by atomic mass is 35.5. The standard InChI is InChI=1S/C23H30ClN7O2/c1-14(2)30-10-8-17-7-6-16(12-18(17)30)13-26-23(32)33-11-5-4-9-31-15(3)27-19-20(25)28-22(24)29-21(19)31/h6-8,10,12,14-15,27H,4-5,9,11,13H2,1-3H3,(H,26,32)(H2,25,28,29). The lowest BCUT2D eigenvalue weighted by molar-refractivity contribution is 0.143. The molecule has 0 fully saturated rings. The first-order valence-corrected chi connectivity index (χ1v) is 11.6. The summed E-state index contributed by atoms with van der Waals surface area (Å²) in [5, 5.41) is 7.43. The van der Waals surface area contributed by atoms with Crippen molar-refractivity contribution in [3.63, 3.8) is 0 Å². The first kappa shape index (κ1) is 23.0. The average Bonchev–Trinajstić information content (AvgIpc) is 3.33. The van der Waals surface area contributed by atoms with Crippen molar-refractivity contribution in [1.29, 1.82) is 0 Å². The van der Waals surface area contributed by atoms with E-state index in [1.165, 1.54) is 5.39 Å². The number of ether oxygens (including phenoxy) is 1. The Kier molecular flexibility index (Phi) is 6.78. The minimum Gasteiger partial charge on any atom is -0.450 e. The van der Waals surface area contributed by atoms with Crippen LogP contribution >= 0.6 is 11.6 Å². The van der Waals surface area contributed by atoms with Gasteiger partial charge in [-0.3, -0.25) is 0 Å². The molecule has 1 aliphatic heterocycles. The van der Waals surface area contributed by atoms with Crippen LogP contribution < -0.4 is 21.3 Å². The van der Waals surface area contributed by atoms with Gasteiger partial charge in [0.1, 0.15) is 5.69 Å². The van der Waals surface area contributed by atoms with E-state index in [9.17, 15) is 4.79 Å². The molecule has 3 aromatic rings. The van der Waals surface area contributed by atoms with Gasteiger partial charge in [0.2, 0.25) is 5.28 Å². The van der Waals surface area contributed by atoms with E-state index in [4.69, 9.17) is 22.1 Å². The van der Waals surface area contributed by atoms with Crippen molar-refractivity contribution in [3.05, 3.63) is 41.3 Å². The van der Waals surface area contributed by atoms with Crippen LogP contribution in [0.3, 0.4) is 0 Å². The zero-order valence-corrected chi connectivity index (χ0v) is 19.9. The van der Waals surface area contributed by atoms with Gasteiger partial charge in [-0.25, -0.2) is 4.79 Å². The summed E-state index contributed by atoms with van der Waals surface area (Å²) in [5.41, 5.74) is 8.84. The van der Waals surface area contributed by atoms with Gasteiger partial charge in [0.05, 0.1) is 12.8 Å². The molecule has 4 N–H and O–H groups in total. The molecule has 1 aromatic carbocycles. The van der Waals surface area contributed by atoms with E-state index in [1.807, 2.05) is 13.0 Å². The second-order valence-corrected chi connectivity index (χ2v) is 8.83. The van der Waals surface area contributed by atoms with Crippen LogP contribution in [-0.2, 0) is 11.3 Å². The minimum absolute atomic E-state index is 0.0356. The Morgan fingerprint density at radius 1 is 1.30 bits per heavy atom. The SMILES string of the molecule is CC1Nc2c(N)nc(Cl)nc2N1CCCCOC(=O)NCc1ccc2ccn(C(C)C)c2c1. The fourth-order valence-corrected chi connectivity index (χ4v) is 4.25. The quantitative estimate of drug-likeness (QED) is 0.327. The maximum atomic E-state index is 12.1. The van der Waals surface area contributed by atoms with E-state index >= 15 is 0 Å². The highest BCUT2D eigenvalue weighted by molar-refractivity contribution is 6.28. The molecule has 2 aromatic heterocycles. The number of carbonyl (C=O) groups is 1. The van der Waals surface area contributed by atoms with Crippen molar-refractivity contribution < 1.29 is 9.53 Å². The van der Waals surface area contributed by atoms with E-state index < -0.39 is 6.09 Å². The van der Waals surface area contributed by atoms with Crippen LogP contribution in [0.4, 0.5) is 22.1 Å². The number of nitrogen functional groups attached to an aromatic ring is 1. The predicted molar refractivity (Wildman–Crippen MR) is 132 cm³/mol. The van der Waals surface area contributed by atoms with Crippen molar-refractivity contribution in [1.82, 2.24) is 19.9 Å². The molecule has 4 rings (SSSR count). The fraction of sp³-hybridized carbons (Fsp3) is 0.435. The number of aromatic nitrogens is 3. The number of amides is 1. The first-order chi connectivity index (χ1) is 15.8. The molecule has 0 radical (unpaired) electrons. The van der Waals surface area contributed by atoms with E-state index in [0.717, 1.165) is 30.5 Å². The summed E-state index contributed by atoms with van der Waals surface area (Å²) in [7, 11) is 0. The van der Waals surface area contributed by atoms with Gasteiger partial charge < -0.3 is 30.6 Å². The molecule has 176 valence electrons. The number of alkyl carbamates (subject to hydrolysis) is 1. The van der Waals surface area contributed by atoms with Crippen molar-refractivity contribution in [2.45, 2.75) is 52.4 Å². The third kappa shape index (κ3) is 5.08. The number of hydrogen-bond donors (Lipinski definition) is 3. The summed E-state index contributed by atoms with van der Waals surface area (Å²) >= 11 is 5.96. The van der Waals surface area contributed by atoms with Crippen molar-refractivity contribution in [2.24, 2.45) is 0 Å². The largest absolute Gasteiger partial charge is 0.450 e. The Labute approximate surface area is 198 Å². The molecule has 1 amide bonds. The lowest BCUT2D eigenvalue weighted by Gasteiger charge is -2.22. The molecule has 1 atom stereocenters. The monoisotopic (exact) mass is 471 g/mol. The van der Waals surface area contributed by atoms with Gasteiger partial charge in [0, 0.05) is 30.8 Å². The van der Waals surface area contributed by atoms with E-state index in [0.29, 0.717) is 36.5 Å². The topological polar surface area (TPSA) is 110 Å². The lowest BCUT2D eigenvalue weighted by atomic mass is 10.1. The fourth-order valence-electron chi connectivity index (χ4n) is 4.08. The van der Waals surface area contributed by atoms with Crippen LogP contribution in [0.15, 0.2) is 30.5 Å². The van der Waals surface area contributed by atoms with Gasteiger partial charge in [-0.1, -0.05) is 12.1 Å². The number of nitrogens with zero attached hydrogens (tertiary/aromatic N) is 4. The second kappa shape index (κ2) is 9.74. The molecule has 0 saturated carbocycles. The number of carbonyl (C=O) groups excluding carboxylic acids is 1. The molecule has 1 unspecified atom stereocenters. The zero-order chi connectivity index (χ0) is 23.5. The maximum absolute atomic E-state index is 12.1. The first-order valence-electron chi connectivity index (χ1n) is 11.2. The van der Waals surface area contributed by atoms with E-state index in [2.05, 4.69) is 68.3 Å². The number of nitrogens with one attached hydrogen (secondary N) is 2. The third-order valence-electron chi connectivity index (χ3n) is 5.79. The van der Waals surface area contributed by atoms with Gasteiger partial charge >= 0.3 is 6.09 Å². The van der Waals surface area contributed by atoms with Gasteiger partial charge in [0.25, 0.3) is 0 Å². The summed E-state index contributed by atoms with van der Waals surface area (Å²) < 4.78 is 7.56. The number of hydrogen-bond acceptors (Lipinski definition) is 7. The highest BCUT2D eigenvalue weighted by Gasteiger charge is 2.29. The molecular weight excluding hydrogens is 442 g/mol. The molecule has 3 heterocycles. The molecule has 9 nitrogen and oxygen atoms in total. The van der Waals surface area contributed by atoms with Crippen molar-refractivity contribution >= 4 is 45.9 Å².